The molecule has 0 bridgehead atoms. The molecule has 1 atom stereocenters. The summed E-state index contributed by atoms with van der Waals surface area (Å²) < 4.78 is 0. The molecule has 3 aromatic carbocycles. The fourth-order valence-electron chi connectivity index (χ4n) is 3.33. The molecule has 1 heterocycles. The van der Waals surface area contributed by atoms with Crippen LogP contribution in [0.25, 0.3) is 22.5 Å². The van der Waals surface area contributed by atoms with Crippen LogP contribution in [0.1, 0.15) is 13.3 Å². The number of imidazole rings is 1. The number of hydrogen-bond donors (Lipinski definition) is 2. The molecule has 0 saturated carbocycles. The number of nitrogens with zero attached hydrogens (tertiary/aromatic N) is 1. The first-order valence-electron chi connectivity index (χ1n) is 10.2. The number of amides is 1. The van der Waals surface area contributed by atoms with Crippen molar-refractivity contribution in [2.45, 2.75) is 23.8 Å². The summed E-state index contributed by atoms with van der Waals surface area (Å²) in [4.78, 5) is 21.2. The van der Waals surface area contributed by atoms with Crippen molar-refractivity contribution < 1.29 is 4.79 Å². The van der Waals surface area contributed by atoms with E-state index in [1.807, 2.05) is 67.6 Å². The van der Waals surface area contributed by atoms with Gasteiger partial charge in [0.2, 0.25) is 5.91 Å². The molecule has 1 unspecified atom stereocenters. The van der Waals surface area contributed by atoms with Gasteiger partial charge in [0, 0.05) is 26.9 Å². The number of carbonyl (C=O) groups excluding carboxylic acids is 1. The second-order valence-electron chi connectivity index (χ2n) is 7.16. The van der Waals surface area contributed by atoms with Crippen molar-refractivity contribution >= 4 is 46.6 Å². The minimum atomic E-state index is -0.342. The Hall–Kier alpha value is -2.73. The average Bonchev–Trinajstić information content (AvgIpc) is 3.22. The van der Waals surface area contributed by atoms with Crippen LogP contribution < -0.4 is 5.32 Å². The van der Waals surface area contributed by atoms with Crippen molar-refractivity contribution in [2.75, 3.05) is 5.32 Å². The molecule has 0 aliphatic rings. The smallest absolute Gasteiger partial charge is 0.237 e. The lowest BCUT2D eigenvalue weighted by molar-refractivity contribution is -0.115. The van der Waals surface area contributed by atoms with E-state index < -0.39 is 0 Å². The Morgan fingerprint density at radius 3 is 2.16 bits per heavy atom. The standard InChI is InChI=1S/C25H21Cl2N3OS/c1-2-21(24(31)28-20-14-18(26)13-19(27)15-20)32-25-29-22(16-9-5-3-6-10-16)23(30-25)17-11-7-4-8-12-17/h3-15,21H,2H2,1H3,(H,28,31)(H,29,30). The third-order valence-electron chi connectivity index (χ3n) is 4.84. The van der Waals surface area contributed by atoms with E-state index in [2.05, 4.69) is 10.3 Å². The predicted octanol–water partition coefficient (Wildman–Crippen LogP) is 7.56. The normalized spacial score (nSPS) is 11.8. The van der Waals surface area contributed by atoms with Gasteiger partial charge in [0.1, 0.15) is 0 Å². The number of rotatable bonds is 7. The number of nitrogens with one attached hydrogen (secondary N) is 2. The Bertz CT molecular complexity index is 1140. The van der Waals surface area contributed by atoms with Crippen LogP contribution in [0, 0.1) is 0 Å². The molecule has 2 N–H and O–H groups in total. The summed E-state index contributed by atoms with van der Waals surface area (Å²) in [5, 5.41) is 4.20. The van der Waals surface area contributed by atoms with Crippen molar-refractivity contribution in [3.05, 3.63) is 88.9 Å². The molecule has 4 rings (SSSR count). The van der Waals surface area contributed by atoms with Crippen LogP contribution in [0.15, 0.2) is 84.0 Å². The van der Waals surface area contributed by atoms with E-state index >= 15 is 0 Å². The molecule has 0 radical (unpaired) electrons. The molecule has 0 aliphatic heterocycles. The Kier molecular flexibility index (Phi) is 7.20. The number of halogens is 2. The van der Waals surface area contributed by atoms with Crippen molar-refractivity contribution in [1.82, 2.24) is 9.97 Å². The summed E-state index contributed by atoms with van der Waals surface area (Å²) in [6, 6.07) is 25.1. The first kappa shape index (κ1) is 22.5. The maximum absolute atomic E-state index is 12.9. The number of benzene rings is 3. The van der Waals surface area contributed by atoms with E-state index in [0.717, 1.165) is 22.5 Å². The first-order valence-corrected chi connectivity index (χ1v) is 11.8. The molecular formula is C25H21Cl2N3OS. The second kappa shape index (κ2) is 10.3. The van der Waals surface area contributed by atoms with Crippen LogP contribution >= 0.6 is 35.0 Å². The van der Waals surface area contributed by atoms with Crippen molar-refractivity contribution in [2.24, 2.45) is 0 Å². The van der Waals surface area contributed by atoms with E-state index in [1.165, 1.54) is 11.8 Å². The van der Waals surface area contributed by atoms with Crippen molar-refractivity contribution in [1.29, 1.82) is 0 Å². The molecule has 1 aromatic heterocycles. The van der Waals surface area contributed by atoms with E-state index in [0.29, 0.717) is 27.3 Å². The number of aromatic amines is 1. The highest BCUT2D eigenvalue weighted by Crippen LogP contribution is 2.34. The first-order chi connectivity index (χ1) is 15.5. The summed E-state index contributed by atoms with van der Waals surface area (Å²) in [5.74, 6) is -0.130. The van der Waals surface area contributed by atoms with Crippen LogP contribution in [0.5, 0.6) is 0 Å². The number of carbonyl (C=O) groups is 1. The zero-order valence-corrected chi connectivity index (χ0v) is 19.6. The number of hydrogen-bond acceptors (Lipinski definition) is 3. The van der Waals surface area contributed by atoms with Gasteiger partial charge in [0.15, 0.2) is 5.16 Å². The third kappa shape index (κ3) is 5.36. The van der Waals surface area contributed by atoms with Gasteiger partial charge in [-0.3, -0.25) is 4.79 Å². The largest absolute Gasteiger partial charge is 0.332 e. The molecule has 0 spiro atoms. The molecule has 162 valence electrons. The maximum Gasteiger partial charge on any atom is 0.237 e. The van der Waals surface area contributed by atoms with Crippen LogP contribution in [-0.2, 0) is 4.79 Å². The molecule has 0 fully saturated rings. The molecule has 0 saturated heterocycles. The summed E-state index contributed by atoms with van der Waals surface area (Å²) in [6.45, 7) is 1.97. The highest BCUT2D eigenvalue weighted by Gasteiger charge is 2.22. The Labute approximate surface area is 201 Å². The lowest BCUT2D eigenvalue weighted by atomic mass is 10.1. The van der Waals surface area contributed by atoms with Gasteiger partial charge in [0.05, 0.1) is 16.6 Å². The molecule has 4 aromatic rings. The zero-order chi connectivity index (χ0) is 22.5. The predicted molar refractivity (Wildman–Crippen MR) is 134 cm³/mol. The van der Waals surface area contributed by atoms with Gasteiger partial charge in [-0.2, -0.15) is 0 Å². The third-order valence-corrected chi connectivity index (χ3v) is 6.52. The van der Waals surface area contributed by atoms with E-state index in [9.17, 15) is 4.79 Å². The molecule has 32 heavy (non-hydrogen) atoms. The SMILES string of the molecule is CCC(Sc1nc(-c2ccccc2)c(-c2ccccc2)[nH]1)C(=O)Nc1cc(Cl)cc(Cl)c1. The van der Waals surface area contributed by atoms with Crippen LogP contribution in [0.2, 0.25) is 10.0 Å². The summed E-state index contributed by atoms with van der Waals surface area (Å²) >= 11 is 13.5. The van der Waals surface area contributed by atoms with E-state index in [-0.39, 0.29) is 11.2 Å². The summed E-state index contributed by atoms with van der Waals surface area (Å²) in [6.07, 6.45) is 0.632. The average molecular weight is 482 g/mol. The van der Waals surface area contributed by atoms with E-state index in [4.69, 9.17) is 28.2 Å². The summed E-state index contributed by atoms with van der Waals surface area (Å²) in [5.41, 5.74) is 4.41. The molecule has 4 nitrogen and oxygen atoms in total. The summed E-state index contributed by atoms with van der Waals surface area (Å²) in [7, 11) is 0. The van der Waals surface area contributed by atoms with Gasteiger partial charge < -0.3 is 10.3 Å². The van der Waals surface area contributed by atoms with E-state index in [1.54, 1.807) is 18.2 Å². The fourth-order valence-corrected chi connectivity index (χ4v) is 4.76. The van der Waals surface area contributed by atoms with Crippen LogP contribution in [0.3, 0.4) is 0 Å². The number of aromatic nitrogens is 2. The van der Waals surface area contributed by atoms with Gasteiger partial charge in [-0.05, 0) is 24.6 Å². The lowest BCUT2D eigenvalue weighted by Crippen LogP contribution is -2.24. The topological polar surface area (TPSA) is 57.8 Å². The Morgan fingerprint density at radius 1 is 0.969 bits per heavy atom. The Morgan fingerprint density at radius 2 is 1.56 bits per heavy atom. The van der Waals surface area contributed by atoms with Gasteiger partial charge in [-0.25, -0.2) is 4.98 Å². The minimum Gasteiger partial charge on any atom is -0.332 e. The maximum atomic E-state index is 12.9. The monoisotopic (exact) mass is 481 g/mol. The van der Waals surface area contributed by atoms with Gasteiger partial charge in [-0.15, -0.1) is 0 Å². The second-order valence-corrected chi connectivity index (χ2v) is 9.22. The Balaban J connectivity index is 1.61. The number of thioether (sulfide) groups is 1. The molecular weight excluding hydrogens is 461 g/mol. The van der Waals surface area contributed by atoms with Gasteiger partial charge >= 0.3 is 0 Å². The van der Waals surface area contributed by atoms with Gasteiger partial charge in [-0.1, -0.05) is 103 Å². The molecule has 7 heteroatoms. The number of H-pyrrole nitrogens is 1. The zero-order valence-electron chi connectivity index (χ0n) is 17.3. The van der Waals surface area contributed by atoms with Gasteiger partial charge in [0.25, 0.3) is 0 Å². The molecule has 0 aliphatic carbocycles. The quantitative estimate of drug-likeness (QED) is 0.267. The molecule has 1 amide bonds. The van der Waals surface area contributed by atoms with Crippen molar-refractivity contribution in [3.8, 4) is 22.5 Å². The van der Waals surface area contributed by atoms with Crippen LogP contribution in [0.4, 0.5) is 5.69 Å². The highest BCUT2D eigenvalue weighted by atomic mass is 35.5. The highest BCUT2D eigenvalue weighted by molar-refractivity contribution is 8.00. The van der Waals surface area contributed by atoms with Crippen molar-refractivity contribution in [3.63, 3.8) is 0 Å². The fraction of sp³-hybridized carbons (Fsp3) is 0.120. The van der Waals surface area contributed by atoms with Crippen LogP contribution in [-0.4, -0.2) is 21.1 Å². The number of anilines is 1. The minimum absolute atomic E-state index is 0.130. The lowest BCUT2D eigenvalue weighted by Gasteiger charge is -2.13.